The van der Waals surface area contributed by atoms with Crippen LogP contribution in [0.4, 0.5) is 0 Å². The van der Waals surface area contributed by atoms with Crippen LogP contribution in [0.2, 0.25) is 0 Å². The van der Waals surface area contributed by atoms with E-state index in [9.17, 15) is 5.11 Å². The van der Waals surface area contributed by atoms with Gasteiger partial charge in [-0.15, -0.1) is 0 Å². The van der Waals surface area contributed by atoms with Crippen LogP contribution in [0.3, 0.4) is 0 Å². The molecular weight excluding hydrogens is 198 g/mol. The molecule has 0 aromatic heterocycles. The van der Waals surface area contributed by atoms with Crippen LogP contribution < -0.4 is 5.32 Å². The van der Waals surface area contributed by atoms with Gasteiger partial charge in [0.25, 0.3) is 0 Å². The van der Waals surface area contributed by atoms with Crippen molar-refractivity contribution in [2.24, 2.45) is 0 Å². The third-order valence-corrected chi connectivity index (χ3v) is 3.01. The Morgan fingerprint density at radius 1 is 1.12 bits per heavy atom. The number of nitrogens with one attached hydrogen (secondary N) is 1. The Balaban J connectivity index is 2.75. The van der Waals surface area contributed by atoms with Gasteiger partial charge in [-0.2, -0.15) is 0 Å². The van der Waals surface area contributed by atoms with Gasteiger partial charge in [0.1, 0.15) is 0 Å². The van der Waals surface area contributed by atoms with Gasteiger partial charge in [0, 0.05) is 6.54 Å². The maximum atomic E-state index is 10.1. The number of aliphatic hydroxyl groups excluding tert-OH is 1. The van der Waals surface area contributed by atoms with E-state index < -0.39 is 6.10 Å². The van der Waals surface area contributed by atoms with E-state index in [0.717, 1.165) is 18.5 Å². The molecule has 1 unspecified atom stereocenters. The summed E-state index contributed by atoms with van der Waals surface area (Å²) in [4.78, 5) is 0. The number of hydrogen-bond acceptors (Lipinski definition) is 2. The molecule has 0 spiro atoms. The molecule has 0 saturated heterocycles. The minimum absolute atomic E-state index is 0.397. The van der Waals surface area contributed by atoms with Crippen LogP contribution in [0.25, 0.3) is 0 Å². The number of aryl methyl sites for hydroxylation is 3. The molecule has 0 aliphatic carbocycles. The van der Waals surface area contributed by atoms with Gasteiger partial charge >= 0.3 is 0 Å². The first-order valence-corrected chi connectivity index (χ1v) is 6.02. The molecule has 0 amide bonds. The molecular formula is C14H23NO. The van der Waals surface area contributed by atoms with Crippen molar-refractivity contribution >= 4 is 0 Å². The Bertz CT molecular complexity index is 347. The van der Waals surface area contributed by atoms with E-state index in [-0.39, 0.29) is 0 Å². The van der Waals surface area contributed by atoms with Crippen LogP contribution in [0.5, 0.6) is 0 Å². The van der Waals surface area contributed by atoms with E-state index >= 15 is 0 Å². The number of benzene rings is 1. The smallest absolute Gasteiger partial charge is 0.0917 e. The normalized spacial score (nSPS) is 12.8. The number of hydrogen-bond donors (Lipinski definition) is 2. The maximum absolute atomic E-state index is 10.1. The van der Waals surface area contributed by atoms with Gasteiger partial charge in [0.2, 0.25) is 0 Å². The van der Waals surface area contributed by atoms with Gasteiger partial charge in [-0.25, -0.2) is 0 Å². The van der Waals surface area contributed by atoms with E-state index in [1.54, 1.807) is 0 Å². The van der Waals surface area contributed by atoms with Crippen molar-refractivity contribution in [1.29, 1.82) is 0 Å². The van der Waals surface area contributed by atoms with E-state index in [1.807, 2.05) is 0 Å². The zero-order valence-electron chi connectivity index (χ0n) is 10.8. The molecule has 0 heterocycles. The largest absolute Gasteiger partial charge is 0.387 e. The van der Waals surface area contributed by atoms with E-state index in [0.29, 0.717) is 6.54 Å². The van der Waals surface area contributed by atoms with Crippen LogP contribution in [-0.2, 0) is 0 Å². The standard InChI is InChI=1S/C14H23NO/c1-5-6-15-9-14(16)13-8-11(3)10(2)7-12(13)4/h7-8,14-16H,5-6,9H2,1-4H3. The molecule has 2 nitrogen and oxygen atoms in total. The van der Waals surface area contributed by atoms with Crippen LogP contribution in [0.15, 0.2) is 12.1 Å². The van der Waals surface area contributed by atoms with Crippen molar-refractivity contribution in [2.45, 2.75) is 40.2 Å². The predicted molar refractivity (Wildman–Crippen MR) is 68.8 cm³/mol. The zero-order chi connectivity index (χ0) is 12.1. The number of rotatable bonds is 5. The molecule has 2 N–H and O–H groups in total. The molecule has 1 aromatic rings. The van der Waals surface area contributed by atoms with Gasteiger partial charge in [-0.05, 0) is 56.0 Å². The lowest BCUT2D eigenvalue weighted by Gasteiger charge is -2.16. The third kappa shape index (κ3) is 3.32. The Kier molecular flexibility index (Phi) is 4.97. The maximum Gasteiger partial charge on any atom is 0.0917 e. The molecule has 0 fully saturated rings. The second-order valence-electron chi connectivity index (χ2n) is 4.51. The minimum Gasteiger partial charge on any atom is -0.387 e. The summed E-state index contributed by atoms with van der Waals surface area (Å²) in [7, 11) is 0. The molecule has 90 valence electrons. The zero-order valence-corrected chi connectivity index (χ0v) is 10.8. The highest BCUT2D eigenvalue weighted by molar-refractivity contribution is 5.37. The Morgan fingerprint density at radius 2 is 1.75 bits per heavy atom. The molecule has 1 aromatic carbocycles. The molecule has 1 rings (SSSR count). The lowest BCUT2D eigenvalue weighted by Crippen LogP contribution is -2.22. The van der Waals surface area contributed by atoms with Gasteiger partial charge < -0.3 is 10.4 Å². The first kappa shape index (κ1) is 13.2. The van der Waals surface area contributed by atoms with Crippen molar-refractivity contribution in [3.05, 3.63) is 34.4 Å². The first-order valence-electron chi connectivity index (χ1n) is 6.02. The lowest BCUT2D eigenvalue weighted by atomic mass is 9.97. The molecule has 0 aliphatic heterocycles. The quantitative estimate of drug-likeness (QED) is 0.749. The Hall–Kier alpha value is -0.860. The first-order chi connectivity index (χ1) is 7.56. The molecule has 0 radical (unpaired) electrons. The highest BCUT2D eigenvalue weighted by atomic mass is 16.3. The van der Waals surface area contributed by atoms with Gasteiger partial charge in [-0.3, -0.25) is 0 Å². The monoisotopic (exact) mass is 221 g/mol. The molecule has 0 aliphatic rings. The average Bonchev–Trinajstić information content (AvgIpc) is 2.23. The molecule has 0 bridgehead atoms. The summed E-state index contributed by atoms with van der Waals surface area (Å²) < 4.78 is 0. The molecule has 0 saturated carbocycles. The minimum atomic E-state index is -0.397. The fourth-order valence-corrected chi connectivity index (χ4v) is 1.87. The van der Waals surface area contributed by atoms with Crippen molar-refractivity contribution < 1.29 is 5.11 Å². The second kappa shape index (κ2) is 6.02. The van der Waals surface area contributed by atoms with Crippen molar-refractivity contribution in [3.8, 4) is 0 Å². The summed E-state index contributed by atoms with van der Waals surface area (Å²) in [5.74, 6) is 0. The van der Waals surface area contributed by atoms with Crippen LogP contribution in [0, 0.1) is 20.8 Å². The van der Waals surface area contributed by atoms with Crippen LogP contribution >= 0.6 is 0 Å². The molecule has 2 heteroatoms. The summed E-state index contributed by atoms with van der Waals surface area (Å²) in [5, 5.41) is 13.3. The fraction of sp³-hybridized carbons (Fsp3) is 0.571. The summed E-state index contributed by atoms with van der Waals surface area (Å²) in [5.41, 5.74) is 4.76. The Morgan fingerprint density at radius 3 is 2.38 bits per heavy atom. The van der Waals surface area contributed by atoms with Crippen LogP contribution in [-0.4, -0.2) is 18.2 Å². The predicted octanol–water partition coefficient (Wildman–Crippen LogP) is 2.64. The summed E-state index contributed by atoms with van der Waals surface area (Å²) in [6.07, 6.45) is 0.698. The average molecular weight is 221 g/mol. The highest BCUT2D eigenvalue weighted by Gasteiger charge is 2.10. The van der Waals surface area contributed by atoms with Gasteiger partial charge in [0.15, 0.2) is 0 Å². The van der Waals surface area contributed by atoms with E-state index in [1.165, 1.54) is 16.7 Å². The summed E-state index contributed by atoms with van der Waals surface area (Å²) >= 11 is 0. The molecule has 16 heavy (non-hydrogen) atoms. The van der Waals surface area contributed by atoms with Crippen molar-refractivity contribution in [1.82, 2.24) is 5.32 Å². The van der Waals surface area contributed by atoms with Crippen molar-refractivity contribution in [3.63, 3.8) is 0 Å². The van der Waals surface area contributed by atoms with E-state index in [2.05, 4.69) is 45.1 Å². The fourth-order valence-electron chi connectivity index (χ4n) is 1.87. The topological polar surface area (TPSA) is 32.3 Å². The SMILES string of the molecule is CCCNCC(O)c1cc(C)c(C)cc1C. The molecule has 1 atom stereocenters. The second-order valence-corrected chi connectivity index (χ2v) is 4.51. The summed E-state index contributed by atoms with van der Waals surface area (Å²) in [6.45, 7) is 9.97. The van der Waals surface area contributed by atoms with Crippen LogP contribution in [0.1, 0.15) is 41.7 Å². The van der Waals surface area contributed by atoms with Gasteiger partial charge in [-0.1, -0.05) is 19.1 Å². The van der Waals surface area contributed by atoms with Crippen molar-refractivity contribution in [2.75, 3.05) is 13.1 Å². The summed E-state index contributed by atoms with van der Waals surface area (Å²) in [6, 6.07) is 4.25. The number of aliphatic hydroxyl groups is 1. The highest BCUT2D eigenvalue weighted by Crippen LogP contribution is 2.21. The third-order valence-electron chi connectivity index (χ3n) is 3.01. The Labute approximate surface area is 98.7 Å². The van der Waals surface area contributed by atoms with E-state index in [4.69, 9.17) is 0 Å². The lowest BCUT2D eigenvalue weighted by molar-refractivity contribution is 0.174. The van der Waals surface area contributed by atoms with Gasteiger partial charge in [0.05, 0.1) is 6.10 Å².